The van der Waals surface area contributed by atoms with Crippen molar-refractivity contribution in [2.75, 3.05) is 26.4 Å². The molecule has 0 radical (unpaired) electrons. The largest absolute Gasteiger partial charge is 0.397 e. The third-order valence-electron chi connectivity index (χ3n) is 2.93. The SMILES string of the molecule is Cc1cc(S(=O)(=O)NC(C)CCN(C)C)cc(N)c1Cl. The Morgan fingerprint density at radius 2 is 2.00 bits per heavy atom. The van der Waals surface area contributed by atoms with Gasteiger partial charge in [-0.1, -0.05) is 11.6 Å². The van der Waals surface area contributed by atoms with E-state index >= 15 is 0 Å². The fourth-order valence-electron chi connectivity index (χ4n) is 1.76. The van der Waals surface area contributed by atoms with E-state index in [4.69, 9.17) is 17.3 Å². The fraction of sp³-hybridized carbons (Fsp3) is 0.538. The van der Waals surface area contributed by atoms with Crippen LogP contribution in [-0.4, -0.2) is 40.0 Å². The molecule has 5 nitrogen and oxygen atoms in total. The minimum Gasteiger partial charge on any atom is -0.397 e. The Morgan fingerprint density at radius 1 is 1.40 bits per heavy atom. The van der Waals surface area contributed by atoms with Gasteiger partial charge in [0.1, 0.15) is 0 Å². The number of hydrogen-bond donors (Lipinski definition) is 2. The lowest BCUT2D eigenvalue weighted by atomic mass is 10.2. The maximum atomic E-state index is 12.3. The Hall–Kier alpha value is -0.820. The molecule has 0 aliphatic carbocycles. The zero-order valence-corrected chi connectivity index (χ0v) is 13.8. The van der Waals surface area contributed by atoms with Crippen molar-refractivity contribution in [3.63, 3.8) is 0 Å². The molecule has 0 saturated heterocycles. The molecule has 0 saturated carbocycles. The van der Waals surface area contributed by atoms with E-state index in [1.54, 1.807) is 6.92 Å². The van der Waals surface area contributed by atoms with Crippen LogP contribution in [0.2, 0.25) is 5.02 Å². The van der Waals surface area contributed by atoms with E-state index in [0.717, 1.165) is 13.0 Å². The number of nitrogen functional groups attached to an aromatic ring is 1. The molecule has 0 amide bonds. The Morgan fingerprint density at radius 3 is 2.50 bits per heavy atom. The van der Waals surface area contributed by atoms with Gasteiger partial charge in [-0.25, -0.2) is 13.1 Å². The number of aryl methyl sites for hydroxylation is 1. The minimum absolute atomic E-state index is 0.147. The van der Waals surface area contributed by atoms with Crippen molar-refractivity contribution in [2.24, 2.45) is 0 Å². The fourth-order valence-corrected chi connectivity index (χ4v) is 3.27. The normalized spacial score (nSPS) is 13.7. The number of hydrogen-bond acceptors (Lipinski definition) is 4. The summed E-state index contributed by atoms with van der Waals surface area (Å²) in [6, 6.07) is 2.76. The molecule has 20 heavy (non-hydrogen) atoms. The predicted molar refractivity (Wildman–Crippen MR) is 83.6 cm³/mol. The molecule has 1 aromatic rings. The Kier molecular flexibility index (Phi) is 5.82. The first-order chi connectivity index (χ1) is 9.13. The third-order valence-corrected chi connectivity index (χ3v) is 5.02. The molecule has 0 aromatic heterocycles. The van der Waals surface area contributed by atoms with Gasteiger partial charge in [-0.3, -0.25) is 0 Å². The summed E-state index contributed by atoms with van der Waals surface area (Å²) in [6.07, 6.45) is 0.730. The van der Waals surface area contributed by atoms with Gasteiger partial charge in [0, 0.05) is 6.04 Å². The van der Waals surface area contributed by atoms with Gasteiger partial charge >= 0.3 is 0 Å². The lowest BCUT2D eigenvalue weighted by Crippen LogP contribution is -2.34. The van der Waals surface area contributed by atoms with Crippen molar-refractivity contribution < 1.29 is 8.42 Å². The van der Waals surface area contributed by atoms with E-state index in [-0.39, 0.29) is 16.6 Å². The molecule has 0 bridgehead atoms. The standard InChI is InChI=1S/C13H22ClN3O2S/c1-9-7-11(8-12(15)13(9)14)20(18,19)16-10(2)5-6-17(3)4/h7-8,10,16H,5-6,15H2,1-4H3. The molecule has 1 rings (SSSR count). The van der Waals surface area contributed by atoms with Crippen LogP contribution in [0.1, 0.15) is 18.9 Å². The molecule has 1 aromatic carbocycles. The van der Waals surface area contributed by atoms with Crippen molar-refractivity contribution >= 4 is 27.3 Å². The summed E-state index contributed by atoms with van der Waals surface area (Å²) in [5.41, 5.74) is 6.63. The number of anilines is 1. The summed E-state index contributed by atoms with van der Waals surface area (Å²) in [4.78, 5) is 2.16. The van der Waals surface area contributed by atoms with Crippen LogP contribution in [-0.2, 0) is 10.0 Å². The van der Waals surface area contributed by atoms with Crippen molar-refractivity contribution in [1.29, 1.82) is 0 Å². The molecular weight excluding hydrogens is 298 g/mol. The van der Waals surface area contributed by atoms with E-state index < -0.39 is 10.0 Å². The van der Waals surface area contributed by atoms with Crippen LogP contribution in [0.25, 0.3) is 0 Å². The Balaban J connectivity index is 2.89. The summed E-state index contributed by atoms with van der Waals surface area (Å²) in [5, 5.41) is 0.393. The summed E-state index contributed by atoms with van der Waals surface area (Å²) in [6.45, 7) is 4.38. The molecule has 0 fully saturated rings. The number of benzene rings is 1. The number of halogens is 1. The first-order valence-electron chi connectivity index (χ1n) is 6.36. The van der Waals surface area contributed by atoms with Gasteiger partial charge in [0.05, 0.1) is 15.6 Å². The molecule has 114 valence electrons. The van der Waals surface area contributed by atoms with E-state index in [1.807, 2.05) is 25.9 Å². The molecule has 0 spiro atoms. The van der Waals surface area contributed by atoms with E-state index in [2.05, 4.69) is 4.72 Å². The van der Waals surface area contributed by atoms with Gasteiger partial charge in [0.2, 0.25) is 10.0 Å². The van der Waals surface area contributed by atoms with Gasteiger partial charge in [-0.2, -0.15) is 0 Å². The van der Waals surface area contributed by atoms with Gasteiger partial charge < -0.3 is 10.6 Å². The van der Waals surface area contributed by atoms with E-state index in [1.165, 1.54) is 12.1 Å². The summed E-state index contributed by atoms with van der Waals surface area (Å²) >= 11 is 5.94. The molecule has 1 atom stereocenters. The Labute approximate surface area is 126 Å². The lowest BCUT2D eigenvalue weighted by molar-refractivity contribution is 0.379. The van der Waals surface area contributed by atoms with Gasteiger partial charge in [-0.05, 0) is 58.6 Å². The molecular formula is C13H22ClN3O2S. The highest BCUT2D eigenvalue weighted by molar-refractivity contribution is 7.89. The zero-order valence-electron chi connectivity index (χ0n) is 12.3. The minimum atomic E-state index is -3.58. The third kappa shape index (κ3) is 4.63. The average Bonchev–Trinajstić information content (AvgIpc) is 2.32. The highest BCUT2D eigenvalue weighted by atomic mass is 35.5. The molecule has 7 heteroatoms. The summed E-state index contributed by atoms with van der Waals surface area (Å²) in [7, 11) is 0.321. The summed E-state index contributed by atoms with van der Waals surface area (Å²) in [5.74, 6) is 0. The topological polar surface area (TPSA) is 75.4 Å². The second kappa shape index (κ2) is 6.76. The van der Waals surface area contributed by atoms with Crippen LogP contribution in [0.5, 0.6) is 0 Å². The first kappa shape index (κ1) is 17.2. The average molecular weight is 320 g/mol. The number of nitrogens with two attached hydrogens (primary N) is 1. The van der Waals surface area contributed by atoms with Crippen LogP contribution in [0.4, 0.5) is 5.69 Å². The van der Waals surface area contributed by atoms with Crippen LogP contribution in [0.15, 0.2) is 17.0 Å². The second-order valence-corrected chi connectivity index (χ2v) is 7.35. The van der Waals surface area contributed by atoms with Crippen LogP contribution in [0.3, 0.4) is 0 Å². The van der Waals surface area contributed by atoms with Crippen molar-refractivity contribution in [2.45, 2.75) is 31.2 Å². The quantitative estimate of drug-likeness (QED) is 0.785. The van der Waals surface area contributed by atoms with Gasteiger partial charge in [-0.15, -0.1) is 0 Å². The molecule has 0 aliphatic heterocycles. The highest BCUT2D eigenvalue weighted by Crippen LogP contribution is 2.26. The second-order valence-electron chi connectivity index (χ2n) is 5.26. The molecule has 0 heterocycles. The maximum Gasteiger partial charge on any atom is 0.240 e. The molecule has 1 unspecified atom stereocenters. The maximum absolute atomic E-state index is 12.3. The van der Waals surface area contributed by atoms with Gasteiger partial charge in [0.25, 0.3) is 0 Å². The smallest absolute Gasteiger partial charge is 0.240 e. The number of nitrogens with one attached hydrogen (secondary N) is 1. The first-order valence-corrected chi connectivity index (χ1v) is 8.22. The number of rotatable bonds is 6. The number of sulfonamides is 1. The van der Waals surface area contributed by atoms with Crippen LogP contribution < -0.4 is 10.5 Å². The monoisotopic (exact) mass is 319 g/mol. The van der Waals surface area contributed by atoms with E-state index in [9.17, 15) is 8.42 Å². The summed E-state index contributed by atoms with van der Waals surface area (Å²) < 4.78 is 27.2. The van der Waals surface area contributed by atoms with Crippen LogP contribution in [0, 0.1) is 6.92 Å². The highest BCUT2D eigenvalue weighted by Gasteiger charge is 2.19. The van der Waals surface area contributed by atoms with Crippen molar-refractivity contribution in [1.82, 2.24) is 9.62 Å². The van der Waals surface area contributed by atoms with Crippen LogP contribution >= 0.6 is 11.6 Å². The number of nitrogens with zero attached hydrogens (tertiary/aromatic N) is 1. The Bertz CT molecular complexity index is 550. The van der Waals surface area contributed by atoms with Crippen molar-refractivity contribution in [3.05, 3.63) is 22.7 Å². The zero-order chi connectivity index (χ0) is 15.5. The molecule has 3 N–H and O–H groups in total. The van der Waals surface area contributed by atoms with E-state index in [0.29, 0.717) is 10.6 Å². The molecule has 0 aliphatic rings. The predicted octanol–water partition coefficient (Wildman–Crippen LogP) is 1.85. The lowest BCUT2D eigenvalue weighted by Gasteiger charge is -2.17. The van der Waals surface area contributed by atoms with Gasteiger partial charge in [0.15, 0.2) is 0 Å². The van der Waals surface area contributed by atoms with Crippen molar-refractivity contribution in [3.8, 4) is 0 Å².